The molecule has 1 heterocycles. The zero-order valence-electron chi connectivity index (χ0n) is 14.9. The number of nitrogens with one attached hydrogen (secondary N) is 2. The maximum atomic E-state index is 12.8. The molecule has 0 amide bonds. The van der Waals surface area contributed by atoms with E-state index in [1.165, 1.54) is 0 Å². The lowest BCUT2D eigenvalue weighted by molar-refractivity contribution is -0.0520. The number of benzene rings is 1. The van der Waals surface area contributed by atoms with Crippen molar-refractivity contribution in [2.24, 2.45) is 12.0 Å². The van der Waals surface area contributed by atoms with Crippen LogP contribution in [0, 0.1) is 0 Å². The lowest BCUT2D eigenvalue weighted by Crippen LogP contribution is -2.37. The van der Waals surface area contributed by atoms with E-state index in [-0.39, 0.29) is 18.0 Å². The van der Waals surface area contributed by atoms with Gasteiger partial charge in [-0.05, 0) is 13.0 Å². The number of aliphatic imine (C=N–C) groups is 1. The first-order chi connectivity index (χ1) is 12.5. The number of guanidine groups is 1. The van der Waals surface area contributed by atoms with Gasteiger partial charge in [0.25, 0.3) is 0 Å². The average Bonchev–Trinajstić information content (AvgIpc) is 3.02. The van der Waals surface area contributed by atoms with E-state index >= 15 is 0 Å². The van der Waals surface area contributed by atoms with Gasteiger partial charge in [0.15, 0.2) is 23.3 Å². The van der Waals surface area contributed by atoms with E-state index in [4.69, 9.17) is 4.74 Å². The number of alkyl halides is 2. The molecule has 2 aromatic rings. The van der Waals surface area contributed by atoms with Crippen LogP contribution in [0.3, 0.4) is 0 Å². The number of ether oxygens (including phenoxy) is 2. The highest BCUT2D eigenvalue weighted by atomic mass is 19.3. The SMILES string of the molecule is CCOc1cccc(CNC(=NC)NCc2nncn2C)c1OC(F)F. The molecular formula is C16H22F2N6O2. The normalized spacial score (nSPS) is 11.5. The summed E-state index contributed by atoms with van der Waals surface area (Å²) in [6.45, 7) is -0.187. The third-order valence-corrected chi connectivity index (χ3v) is 3.46. The number of hydrogen-bond donors (Lipinski definition) is 2. The molecule has 2 N–H and O–H groups in total. The topological polar surface area (TPSA) is 85.6 Å². The summed E-state index contributed by atoms with van der Waals surface area (Å²) in [5.41, 5.74) is 0.526. The van der Waals surface area contributed by atoms with Crippen LogP contribution in [-0.4, -0.2) is 41.0 Å². The molecule has 2 rings (SSSR count). The summed E-state index contributed by atoms with van der Waals surface area (Å²) in [6.07, 6.45) is 1.60. The summed E-state index contributed by atoms with van der Waals surface area (Å²) in [5.74, 6) is 1.50. The Bertz CT molecular complexity index is 735. The van der Waals surface area contributed by atoms with Crippen molar-refractivity contribution in [1.29, 1.82) is 0 Å². The van der Waals surface area contributed by atoms with Gasteiger partial charge in [-0.15, -0.1) is 10.2 Å². The molecule has 0 atom stereocenters. The van der Waals surface area contributed by atoms with Crippen LogP contribution in [0.1, 0.15) is 18.3 Å². The van der Waals surface area contributed by atoms with Crippen molar-refractivity contribution in [3.8, 4) is 11.5 Å². The molecular weight excluding hydrogens is 346 g/mol. The zero-order valence-corrected chi connectivity index (χ0v) is 14.9. The molecule has 0 saturated carbocycles. The Morgan fingerprint density at radius 2 is 2.08 bits per heavy atom. The second kappa shape index (κ2) is 9.54. The highest BCUT2D eigenvalue weighted by Crippen LogP contribution is 2.32. The number of para-hydroxylation sites is 1. The Kier molecular flexibility index (Phi) is 7.12. The number of rotatable bonds is 8. The number of aryl methyl sites for hydroxylation is 1. The molecule has 26 heavy (non-hydrogen) atoms. The van der Waals surface area contributed by atoms with Crippen LogP contribution >= 0.6 is 0 Å². The lowest BCUT2D eigenvalue weighted by atomic mass is 10.2. The molecule has 0 aliphatic heterocycles. The van der Waals surface area contributed by atoms with E-state index < -0.39 is 6.61 Å². The van der Waals surface area contributed by atoms with Gasteiger partial charge in [-0.25, -0.2) is 0 Å². The van der Waals surface area contributed by atoms with Crippen molar-refractivity contribution in [3.63, 3.8) is 0 Å². The molecule has 0 aliphatic rings. The molecule has 142 valence electrons. The Morgan fingerprint density at radius 3 is 2.69 bits per heavy atom. The Morgan fingerprint density at radius 1 is 1.31 bits per heavy atom. The summed E-state index contributed by atoms with van der Waals surface area (Å²) in [6, 6.07) is 4.99. The molecule has 1 aromatic heterocycles. The average molecular weight is 368 g/mol. The standard InChI is InChI=1S/C16H22F2N6O2/c1-4-25-12-7-5-6-11(14(12)26-15(17)18)8-20-16(19-2)21-9-13-23-22-10-24(13)3/h5-7,10,15H,4,8-9H2,1-3H3,(H2,19,20,21). The minimum absolute atomic E-state index is 0.0144. The minimum Gasteiger partial charge on any atom is -0.490 e. The first-order valence-corrected chi connectivity index (χ1v) is 8.02. The first-order valence-electron chi connectivity index (χ1n) is 8.02. The van der Waals surface area contributed by atoms with Gasteiger partial charge in [-0.2, -0.15) is 8.78 Å². The van der Waals surface area contributed by atoms with Crippen LogP contribution < -0.4 is 20.1 Å². The van der Waals surface area contributed by atoms with Gasteiger partial charge in [-0.3, -0.25) is 4.99 Å². The van der Waals surface area contributed by atoms with E-state index in [0.717, 1.165) is 5.82 Å². The fourth-order valence-electron chi connectivity index (χ4n) is 2.22. The first kappa shape index (κ1) is 19.4. The molecule has 10 heteroatoms. The maximum Gasteiger partial charge on any atom is 0.387 e. The van der Waals surface area contributed by atoms with E-state index in [2.05, 4.69) is 30.6 Å². The van der Waals surface area contributed by atoms with Crippen LogP contribution in [0.4, 0.5) is 8.78 Å². The van der Waals surface area contributed by atoms with Crippen molar-refractivity contribution >= 4 is 5.96 Å². The van der Waals surface area contributed by atoms with Gasteiger partial charge < -0.3 is 24.7 Å². The highest BCUT2D eigenvalue weighted by molar-refractivity contribution is 5.79. The highest BCUT2D eigenvalue weighted by Gasteiger charge is 2.16. The monoisotopic (exact) mass is 368 g/mol. The molecule has 1 aromatic carbocycles. The van der Waals surface area contributed by atoms with E-state index in [9.17, 15) is 8.78 Å². The number of nitrogens with zero attached hydrogens (tertiary/aromatic N) is 4. The molecule has 0 unspecified atom stereocenters. The van der Waals surface area contributed by atoms with Crippen LogP contribution in [0.15, 0.2) is 29.5 Å². The van der Waals surface area contributed by atoms with Gasteiger partial charge in [0.2, 0.25) is 0 Å². The fourth-order valence-corrected chi connectivity index (χ4v) is 2.22. The van der Waals surface area contributed by atoms with E-state index in [1.54, 1.807) is 43.1 Å². The van der Waals surface area contributed by atoms with Crippen molar-refractivity contribution < 1.29 is 18.3 Å². The maximum absolute atomic E-state index is 12.8. The quantitative estimate of drug-likeness (QED) is 0.545. The largest absolute Gasteiger partial charge is 0.490 e. The van der Waals surface area contributed by atoms with Crippen molar-refractivity contribution in [3.05, 3.63) is 35.9 Å². The van der Waals surface area contributed by atoms with Gasteiger partial charge in [0.05, 0.1) is 13.2 Å². The Hall–Kier alpha value is -2.91. The lowest BCUT2D eigenvalue weighted by Gasteiger charge is -2.17. The van der Waals surface area contributed by atoms with Gasteiger partial charge in [-0.1, -0.05) is 12.1 Å². The van der Waals surface area contributed by atoms with E-state index in [0.29, 0.717) is 24.7 Å². The smallest absolute Gasteiger partial charge is 0.387 e. The number of hydrogen-bond acceptors (Lipinski definition) is 5. The van der Waals surface area contributed by atoms with Gasteiger partial charge >= 0.3 is 6.61 Å². The fraction of sp³-hybridized carbons (Fsp3) is 0.438. The predicted octanol–water partition coefficient (Wildman–Crippen LogP) is 1.68. The second-order valence-electron chi connectivity index (χ2n) is 5.19. The third-order valence-electron chi connectivity index (χ3n) is 3.46. The molecule has 0 saturated heterocycles. The van der Waals surface area contributed by atoms with Crippen LogP contribution in [0.5, 0.6) is 11.5 Å². The summed E-state index contributed by atoms with van der Waals surface area (Å²) in [4.78, 5) is 4.10. The molecule has 0 fully saturated rings. The summed E-state index contributed by atoms with van der Waals surface area (Å²) < 4.78 is 37.3. The predicted molar refractivity (Wildman–Crippen MR) is 92.3 cm³/mol. The summed E-state index contributed by atoms with van der Waals surface area (Å²) in [5, 5.41) is 13.9. The van der Waals surface area contributed by atoms with Crippen LogP contribution in [-0.2, 0) is 20.1 Å². The molecule has 8 nitrogen and oxygen atoms in total. The van der Waals surface area contributed by atoms with Gasteiger partial charge in [0, 0.05) is 26.2 Å². The van der Waals surface area contributed by atoms with Gasteiger partial charge in [0.1, 0.15) is 6.33 Å². The molecule has 0 radical (unpaired) electrons. The number of aromatic nitrogens is 3. The van der Waals surface area contributed by atoms with Crippen LogP contribution in [0.25, 0.3) is 0 Å². The Labute approximate surface area is 150 Å². The summed E-state index contributed by atoms with van der Waals surface area (Å²) >= 11 is 0. The van der Waals surface area contributed by atoms with Crippen molar-refractivity contribution in [2.45, 2.75) is 26.6 Å². The summed E-state index contributed by atoms with van der Waals surface area (Å²) in [7, 11) is 3.44. The van der Waals surface area contributed by atoms with Crippen LogP contribution in [0.2, 0.25) is 0 Å². The zero-order chi connectivity index (χ0) is 18.9. The Balaban J connectivity index is 2.04. The molecule has 0 bridgehead atoms. The third kappa shape index (κ3) is 5.30. The van der Waals surface area contributed by atoms with Crippen molar-refractivity contribution in [2.75, 3.05) is 13.7 Å². The minimum atomic E-state index is -2.94. The number of halogens is 2. The molecule has 0 aliphatic carbocycles. The molecule has 0 spiro atoms. The van der Waals surface area contributed by atoms with E-state index in [1.807, 2.05) is 7.05 Å². The van der Waals surface area contributed by atoms with Crippen molar-refractivity contribution in [1.82, 2.24) is 25.4 Å². The second-order valence-corrected chi connectivity index (χ2v) is 5.19.